The number of hydrogen-bond acceptors (Lipinski definition) is 5. The standard InChI is InChI=1S/C19H26N2O4S/c1-12-13(2)26-18(21-14(3)22)17(12)19(24)25-11-16(23)20-10-9-15-7-5-4-6-8-15/h7H,4-6,8-11H2,1-3H3,(H,20,23)(H,21,22). The van der Waals surface area contributed by atoms with Gasteiger partial charge in [-0.25, -0.2) is 4.79 Å². The van der Waals surface area contributed by atoms with Crippen molar-refractivity contribution in [2.24, 2.45) is 0 Å². The highest BCUT2D eigenvalue weighted by molar-refractivity contribution is 7.16. The molecule has 6 nitrogen and oxygen atoms in total. The van der Waals surface area contributed by atoms with E-state index in [9.17, 15) is 14.4 Å². The number of carbonyl (C=O) groups excluding carboxylic acids is 3. The maximum atomic E-state index is 12.4. The van der Waals surface area contributed by atoms with Crippen LogP contribution in [0.2, 0.25) is 0 Å². The van der Waals surface area contributed by atoms with Crippen LogP contribution in [-0.4, -0.2) is 30.9 Å². The Hall–Kier alpha value is -2.15. The Kier molecular flexibility index (Phi) is 7.38. The van der Waals surface area contributed by atoms with Gasteiger partial charge in [-0.2, -0.15) is 0 Å². The average molecular weight is 378 g/mol. The van der Waals surface area contributed by atoms with Crippen molar-refractivity contribution in [1.29, 1.82) is 0 Å². The summed E-state index contributed by atoms with van der Waals surface area (Å²) in [5.74, 6) is -1.17. The fourth-order valence-corrected chi connectivity index (χ4v) is 3.96. The Bertz CT molecular complexity index is 721. The fourth-order valence-electron chi connectivity index (χ4n) is 2.87. The van der Waals surface area contributed by atoms with Crippen LogP contribution in [0.5, 0.6) is 0 Å². The van der Waals surface area contributed by atoms with Crippen LogP contribution in [0.25, 0.3) is 0 Å². The molecule has 1 aliphatic carbocycles. The SMILES string of the molecule is CC(=O)Nc1sc(C)c(C)c1C(=O)OCC(=O)NCCC1=CCCCC1. The average Bonchev–Trinajstić information content (AvgIpc) is 2.87. The first-order valence-corrected chi connectivity index (χ1v) is 9.69. The van der Waals surface area contributed by atoms with Crippen molar-refractivity contribution in [3.8, 4) is 0 Å². The van der Waals surface area contributed by atoms with Gasteiger partial charge in [0.1, 0.15) is 5.00 Å². The van der Waals surface area contributed by atoms with Crippen molar-refractivity contribution in [2.45, 2.75) is 52.9 Å². The Morgan fingerprint density at radius 1 is 1.23 bits per heavy atom. The lowest BCUT2D eigenvalue weighted by Crippen LogP contribution is -2.30. The number of carbonyl (C=O) groups is 3. The zero-order chi connectivity index (χ0) is 19.1. The number of hydrogen-bond donors (Lipinski definition) is 2. The molecule has 26 heavy (non-hydrogen) atoms. The van der Waals surface area contributed by atoms with Crippen LogP contribution < -0.4 is 10.6 Å². The van der Waals surface area contributed by atoms with Gasteiger partial charge in [0, 0.05) is 18.3 Å². The minimum absolute atomic E-state index is 0.255. The van der Waals surface area contributed by atoms with Crippen LogP contribution >= 0.6 is 11.3 Å². The predicted molar refractivity (Wildman–Crippen MR) is 103 cm³/mol. The normalized spacial score (nSPS) is 13.7. The minimum atomic E-state index is -0.597. The minimum Gasteiger partial charge on any atom is -0.452 e. The van der Waals surface area contributed by atoms with E-state index in [0.29, 0.717) is 17.1 Å². The van der Waals surface area contributed by atoms with Gasteiger partial charge in [0.15, 0.2) is 6.61 Å². The van der Waals surface area contributed by atoms with E-state index in [-0.39, 0.29) is 18.4 Å². The van der Waals surface area contributed by atoms with Gasteiger partial charge in [-0.05, 0) is 51.5 Å². The maximum absolute atomic E-state index is 12.4. The van der Waals surface area contributed by atoms with Crippen molar-refractivity contribution in [3.63, 3.8) is 0 Å². The van der Waals surface area contributed by atoms with E-state index in [0.717, 1.165) is 29.7 Å². The number of thiophene rings is 1. The summed E-state index contributed by atoms with van der Waals surface area (Å²) >= 11 is 1.32. The monoisotopic (exact) mass is 378 g/mol. The molecule has 7 heteroatoms. The molecule has 2 amide bonds. The van der Waals surface area contributed by atoms with Crippen molar-refractivity contribution >= 4 is 34.1 Å². The quantitative estimate of drug-likeness (QED) is 0.562. The molecule has 0 radical (unpaired) electrons. The first-order chi connectivity index (χ1) is 12.4. The van der Waals surface area contributed by atoms with E-state index in [2.05, 4.69) is 16.7 Å². The first-order valence-electron chi connectivity index (χ1n) is 8.87. The van der Waals surface area contributed by atoms with Crippen LogP contribution in [0.4, 0.5) is 5.00 Å². The molecule has 0 aromatic carbocycles. The van der Waals surface area contributed by atoms with Gasteiger partial charge in [0.2, 0.25) is 5.91 Å². The molecule has 1 aromatic rings. The highest BCUT2D eigenvalue weighted by atomic mass is 32.1. The summed E-state index contributed by atoms with van der Waals surface area (Å²) in [5, 5.41) is 5.89. The van der Waals surface area contributed by atoms with Gasteiger partial charge in [0.25, 0.3) is 5.91 Å². The number of rotatable bonds is 7. The highest BCUT2D eigenvalue weighted by Gasteiger charge is 2.22. The molecular formula is C19H26N2O4S. The molecule has 0 atom stereocenters. The Morgan fingerprint density at radius 3 is 2.65 bits per heavy atom. The van der Waals surface area contributed by atoms with Gasteiger partial charge >= 0.3 is 5.97 Å². The summed E-state index contributed by atoms with van der Waals surface area (Å²) in [7, 11) is 0. The first kappa shape index (κ1) is 20.2. The van der Waals surface area contributed by atoms with E-state index >= 15 is 0 Å². The van der Waals surface area contributed by atoms with Crippen molar-refractivity contribution in [3.05, 3.63) is 27.7 Å². The molecule has 2 N–H and O–H groups in total. The summed E-state index contributed by atoms with van der Waals surface area (Å²) in [4.78, 5) is 36.5. The molecule has 1 aromatic heterocycles. The molecule has 2 rings (SSSR count). The van der Waals surface area contributed by atoms with E-state index in [1.54, 1.807) is 6.92 Å². The predicted octanol–water partition coefficient (Wildman–Crippen LogP) is 3.49. The number of aryl methyl sites for hydroxylation is 1. The third-order valence-electron chi connectivity index (χ3n) is 4.37. The van der Waals surface area contributed by atoms with Gasteiger partial charge < -0.3 is 15.4 Å². The van der Waals surface area contributed by atoms with Crippen LogP contribution in [0, 0.1) is 13.8 Å². The lowest BCUT2D eigenvalue weighted by atomic mass is 9.97. The molecule has 1 heterocycles. The second-order valence-corrected chi connectivity index (χ2v) is 7.68. The number of allylic oxidation sites excluding steroid dienone is 1. The zero-order valence-corrected chi connectivity index (χ0v) is 16.4. The Balaban J connectivity index is 1.83. The maximum Gasteiger partial charge on any atom is 0.341 e. The molecule has 0 unspecified atom stereocenters. The fraction of sp³-hybridized carbons (Fsp3) is 0.526. The third kappa shape index (κ3) is 5.69. The topological polar surface area (TPSA) is 84.5 Å². The van der Waals surface area contributed by atoms with Crippen LogP contribution in [0.1, 0.15) is 59.8 Å². The van der Waals surface area contributed by atoms with Gasteiger partial charge in [-0.15, -0.1) is 11.3 Å². The second kappa shape index (κ2) is 9.52. The Labute approximate surface area is 158 Å². The smallest absolute Gasteiger partial charge is 0.341 e. The number of nitrogens with one attached hydrogen (secondary N) is 2. The van der Waals surface area contributed by atoms with Crippen molar-refractivity contribution in [1.82, 2.24) is 5.32 Å². The lowest BCUT2D eigenvalue weighted by Gasteiger charge is -2.13. The van der Waals surface area contributed by atoms with E-state index < -0.39 is 5.97 Å². The molecule has 142 valence electrons. The third-order valence-corrected chi connectivity index (χ3v) is 5.49. The molecule has 0 fully saturated rings. The molecule has 0 spiro atoms. The number of esters is 1. The largest absolute Gasteiger partial charge is 0.452 e. The molecule has 0 saturated heterocycles. The van der Waals surface area contributed by atoms with Gasteiger partial charge in [-0.3, -0.25) is 9.59 Å². The van der Waals surface area contributed by atoms with E-state index in [1.165, 1.54) is 36.7 Å². The van der Waals surface area contributed by atoms with Gasteiger partial charge in [0.05, 0.1) is 5.56 Å². The molecule has 1 aliphatic rings. The van der Waals surface area contributed by atoms with Crippen LogP contribution in [0.3, 0.4) is 0 Å². The van der Waals surface area contributed by atoms with Crippen LogP contribution in [-0.2, 0) is 14.3 Å². The van der Waals surface area contributed by atoms with E-state index in [1.807, 2.05) is 6.92 Å². The summed E-state index contributed by atoms with van der Waals surface area (Å²) in [5.41, 5.74) is 2.47. The van der Waals surface area contributed by atoms with Crippen molar-refractivity contribution in [2.75, 3.05) is 18.5 Å². The highest BCUT2D eigenvalue weighted by Crippen LogP contribution is 2.32. The van der Waals surface area contributed by atoms with Crippen LogP contribution in [0.15, 0.2) is 11.6 Å². The summed E-state index contributed by atoms with van der Waals surface area (Å²) in [6.07, 6.45) is 7.78. The number of ether oxygens (including phenoxy) is 1. The summed E-state index contributed by atoms with van der Waals surface area (Å²) in [6, 6.07) is 0. The van der Waals surface area contributed by atoms with Crippen molar-refractivity contribution < 1.29 is 19.1 Å². The summed E-state index contributed by atoms with van der Waals surface area (Å²) in [6.45, 7) is 5.27. The molecule has 0 saturated carbocycles. The zero-order valence-electron chi connectivity index (χ0n) is 15.6. The molecule has 0 aliphatic heterocycles. The lowest BCUT2D eigenvalue weighted by molar-refractivity contribution is -0.124. The second-order valence-electron chi connectivity index (χ2n) is 6.45. The number of amides is 2. The molecular weight excluding hydrogens is 352 g/mol. The van der Waals surface area contributed by atoms with Gasteiger partial charge in [-0.1, -0.05) is 11.6 Å². The number of anilines is 1. The molecule has 0 bridgehead atoms. The summed E-state index contributed by atoms with van der Waals surface area (Å²) < 4.78 is 5.14. The van der Waals surface area contributed by atoms with E-state index in [4.69, 9.17) is 4.74 Å². The Morgan fingerprint density at radius 2 is 2.00 bits per heavy atom.